The van der Waals surface area contributed by atoms with Crippen LogP contribution in [0.25, 0.3) is 0 Å². The van der Waals surface area contributed by atoms with Crippen LogP contribution in [0, 0.1) is 5.92 Å². The minimum Gasteiger partial charge on any atom is -0.508 e. The third-order valence-electron chi connectivity index (χ3n) is 4.50. The predicted molar refractivity (Wildman–Crippen MR) is 104 cm³/mol. The summed E-state index contributed by atoms with van der Waals surface area (Å²) in [7, 11) is 1.71. The minimum absolute atomic E-state index is 0.350. The van der Waals surface area contributed by atoms with Gasteiger partial charge in [-0.15, -0.1) is 0 Å². The average Bonchev–Trinajstić information content (AvgIpc) is 2.61. The number of phenols is 1. The van der Waals surface area contributed by atoms with Crippen LogP contribution in [0.4, 0.5) is 0 Å². The maximum absolute atomic E-state index is 9.63. The molecule has 0 aliphatic carbocycles. The quantitative estimate of drug-likeness (QED) is 0.689. The van der Waals surface area contributed by atoms with Gasteiger partial charge in [0.15, 0.2) is 0 Å². The first kappa shape index (κ1) is 19.3. The molecular formula is C22H31NO2. The molecule has 0 fully saturated rings. The molecule has 0 spiro atoms. The molecule has 0 saturated carbocycles. The summed E-state index contributed by atoms with van der Waals surface area (Å²) in [6.45, 7) is 7.71. The van der Waals surface area contributed by atoms with Crippen molar-refractivity contribution in [2.45, 2.75) is 33.1 Å². The second kappa shape index (κ2) is 10.1. The Hall–Kier alpha value is -2.00. The summed E-state index contributed by atoms with van der Waals surface area (Å²) in [5, 5.41) is 9.63. The van der Waals surface area contributed by atoms with Gasteiger partial charge in [0.2, 0.25) is 0 Å². The zero-order chi connectivity index (χ0) is 18.1. The highest BCUT2D eigenvalue weighted by Crippen LogP contribution is 2.15. The molecule has 2 aromatic rings. The Bertz CT molecular complexity index is 639. The molecule has 136 valence electrons. The van der Waals surface area contributed by atoms with Gasteiger partial charge >= 0.3 is 0 Å². The number of benzene rings is 2. The van der Waals surface area contributed by atoms with E-state index < -0.39 is 0 Å². The van der Waals surface area contributed by atoms with Crippen LogP contribution >= 0.6 is 0 Å². The van der Waals surface area contributed by atoms with Gasteiger partial charge < -0.3 is 14.7 Å². The highest BCUT2D eigenvalue weighted by atomic mass is 16.5. The van der Waals surface area contributed by atoms with Gasteiger partial charge in [-0.2, -0.15) is 0 Å². The number of hydrogen-bond acceptors (Lipinski definition) is 3. The summed E-state index contributed by atoms with van der Waals surface area (Å²) < 4.78 is 5.32. The molecule has 0 aliphatic rings. The Morgan fingerprint density at radius 1 is 0.920 bits per heavy atom. The van der Waals surface area contributed by atoms with Gasteiger partial charge in [-0.25, -0.2) is 0 Å². The van der Waals surface area contributed by atoms with Gasteiger partial charge in [0.05, 0.1) is 7.11 Å². The molecule has 0 aromatic heterocycles. The smallest absolute Gasteiger partial charge is 0.119 e. The molecule has 0 unspecified atom stereocenters. The lowest BCUT2D eigenvalue weighted by atomic mass is 10.1. The number of nitrogens with zero attached hydrogens (tertiary/aromatic N) is 1. The molecule has 2 aromatic carbocycles. The molecule has 1 N–H and O–H groups in total. The molecule has 0 radical (unpaired) electrons. The van der Waals surface area contributed by atoms with Crippen molar-refractivity contribution in [2.24, 2.45) is 5.92 Å². The first-order valence-corrected chi connectivity index (χ1v) is 9.20. The van der Waals surface area contributed by atoms with Crippen molar-refractivity contribution < 1.29 is 9.84 Å². The van der Waals surface area contributed by atoms with E-state index in [1.807, 2.05) is 18.2 Å². The van der Waals surface area contributed by atoms with Crippen molar-refractivity contribution in [3.8, 4) is 11.5 Å². The van der Waals surface area contributed by atoms with E-state index in [-0.39, 0.29) is 0 Å². The van der Waals surface area contributed by atoms with Crippen molar-refractivity contribution in [3.63, 3.8) is 0 Å². The largest absolute Gasteiger partial charge is 0.508 e. The van der Waals surface area contributed by atoms with Crippen LogP contribution in [0.15, 0.2) is 48.5 Å². The van der Waals surface area contributed by atoms with E-state index in [2.05, 4.69) is 43.0 Å². The first-order valence-electron chi connectivity index (χ1n) is 9.20. The van der Waals surface area contributed by atoms with E-state index in [9.17, 15) is 5.11 Å². The molecular weight excluding hydrogens is 310 g/mol. The van der Waals surface area contributed by atoms with E-state index in [4.69, 9.17) is 4.74 Å². The van der Waals surface area contributed by atoms with Crippen molar-refractivity contribution in [2.75, 3.05) is 26.7 Å². The zero-order valence-electron chi connectivity index (χ0n) is 15.7. The SMILES string of the molecule is COc1cccc(CCN(CCc2cccc(O)c2)CCC(C)C)c1. The fourth-order valence-electron chi connectivity index (χ4n) is 2.89. The van der Waals surface area contributed by atoms with E-state index in [0.717, 1.165) is 38.2 Å². The highest BCUT2D eigenvalue weighted by molar-refractivity contribution is 5.29. The highest BCUT2D eigenvalue weighted by Gasteiger charge is 2.08. The molecule has 0 aliphatic heterocycles. The molecule has 0 bridgehead atoms. The number of hydrogen-bond donors (Lipinski definition) is 1. The third kappa shape index (κ3) is 7.18. The number of phenolic OH excluding ortho intramolecular Hbond substituents is 1. The minimum atomic E-state index is 0.350. The van der Waals surface area contributed by atoms with Crippen LogP contribution in [0.3, 0.4) is 0 Å². The summed E-state index contributed by atoms with van der Waals surface area (Å²) in [5.74, 6) is 1.98. The van der Waals surface area contributed by atoms with Crippen LogP contribution in [0.2, 0.25) is 0 Å². The molecule has 0 amide bonds. The lowest BCUT2D eigenvalue weighted by molar-refractivity contribution is 0.263. The summed E-state index contributed by atoms with van der Waals surface area (Å²) in [4.78, 5) is 2.53. The summed E-state index contributed by atoms with van der Waals surface area (Å²) in [5.41, 5.74) is 2.50. The van der Waals surface area contributed by atoms with Gasteiger partial charge in [-0.05, 0) is 67.1 Å². The molecule has 25 heavy (non-hydrogen) atoms. The molecule has 0 saturated heterocycles. The van der Waals surface area contributed by atoms with Crippen LogP contribution < -0.4 is 4.74 Å². The molecule has 0 heterocycles. The van der Waals surface area contributed by atoms with Gasteiger partial charge in [0.25, 0.3) is 0 Å². The summed E-state index contributed by atoms with van der Waals surface area (Å²) >= 11 is 0. The normalized spacial score (nSPS) is 11.2. The van der Waals surface area contributed by atoms with Crippen molar-refractivity contribution in [1.82, 2.24) is 4.90 Å². The number of rotatable bonds is 10. The topological polar surface area (TPSA) is 32.7 Å². The van der Waals surface area contributed by atoms with Crippen LogP contribution in [0.1, 0.15) is 31.4 Å². The second-order valence-corrected chi connectivity index (χ2v) is 7.05. The van der Waals surface area contributed by atoms with E-state index in [1.54, 1.807) is 13.2 Å². The van der Waals surface area contributed by atoms with Gasteiger partial charge in [-0.1, -0.05) is 38.1 Å². The maximum Gasteiger partial charge on any atom is 0.119 e. The Morgan fingerprint density at radius 2 is 1.56 bits per heavy atom. The standard InChI is InChI=1S/C22H31NO2/c1-18(2)10-13-23(14-11-19-6-4-8-21(24)16-19)15-12-20-7-5-9-22(17-20)25-3/h4-9,16-18,24H,10-15H2,1-3H3. The maximum atomic E-state index is 9.63. The lowest BCUT2D eigenvalue weighted by Crippen LogP contribution is -2.30. The van der Waals surface area contributed by atoms with E-state index >= 15 is 0 Å². The number of methoxy groups -OCH3 is 1. The second-order valence-electron chi connectivity index (χ2n) is 7.05. The lowest BCUT2D eigenvalue weighted by Gasteiger charge is -2.23. The summed E-state index contributed by atoms with van der Waals surface area (Å²) in [6, 6.07) is 15.9. The monoisotopic (exact) mass is 341 g/mol. The van der Waals surface area contributed by atoms with Crippen LogP contribution in [-0.4, -0.2) is 36.8 Å². The Morgan fingerprint density at radius 3 is 2.16 bits per heavy atom. The zero-order valence-corrected chi connectivity index (χ0v) is 15.7. The predicted octanol–water partition coefficient (Wildman–Crippen LogP) is 4.53. The Kier molecular flexibility index (Phi) is 7.80. The molecule has 2 rings (SSSR count). The number of ether oxygens (including phenoxy) is 1. The van der Waals surface area contributed by atoms with E-state index in [1.165, 1.54) is 17.5 Å². The Balaban J connectivity index is 1.92. The first-order chi connectivity index (χ1) is 12.1. The Labute approximate surface area is 152 Å². The van der Waals surface area contributed by atoms with Crippen LogP contribution in [0.5, 0.6) is 11.5 Å². The van der Waals surface area contributed by atoms with Crippen LogP contribution in [-0.2, 0) is 12.8 Å². The fourth-order valence-corrected chi connectivity index (χ4v) is 2.89. The van der Waals surface area contributed by atoms with Gasteiger partial charge in [-0.3, -0.25) is 0 Å². The number of aromatic hydroxyl groups is 1. The van der Waals surface area contributed by atoms with Crippen molar-refractivity contribution in [3.05, 3.63) is 59.7 Å². The third-order valence-corrected chi connectivity index (χ3v) is 4.50. The van der Waals surface area contributed by atoms with Gasteiger partial charge in [0, 0.05) is 13.1 Å². The molecule has 0 atom stereocenters. The summed E-state index contributed by atoms with van der Waals surface area (Å²) in [6.07, 6.45) is 3.19. The van der Waals surface area contributed by atoms with Gasteiger partial charge in [0.1, 0.15) is 11.5 Å². The van der Waals surface area contributed by atoms with Crippen molar-refractivity contribution >= 4 is 0 Å². The molecule has 3 nitrogen and oxygen atoms in total. The average molecular weight is 341 g/mol. The van der Waals surface area contributed by atoms with E-state index in [0.29, 0.717) is 11.7 Å². The van der Waals surface area contributed by atoms with Crippen molar-refractivity contribution in [1.29, 1.82) is 0 Å². The molecule has 3 heteroatoms. The fraction of sp³-hybridized carbons (Fsp3) is 0.455.